The number of halogens is 1. The number of hydrogen-bond acceptors (Lipinski definition) is 4. The molecule has 0 aliphatic rings. The molecule has 1 rings (SSSR count). The molecule has 0 bridgehead atoms. The maximum Gasteiger partial charge on any atom is 0.257 e. The number of nitrogens with one attached hydrogen (secondary N) is 2. The minimum Gasteiger partial charge on any atom is -0.493 e. The number of carbonyl (C=O) groups is 1. The predicted molar refractivity (Wildman–Crippen MR) is 86.8 cm³/mol. The molecule has 21 heavy (non-hydrogen) atoms. The van der Waals surface area contributed by atoms with Crippen LogP contribution in [0.1, 0.15) is 19.4 Å². The van der Waals surface area contributed by atoms with Crippen molar-refractivity contribution in [3.63, 3.8) is 0 Å². The summed E-state index contributed by atoms with van der Waals surface area (Å²) in [5.41, 5.74) is 1.09. The molecule has 0 saturated heterocycles. The van der Waals surface area contributed by atoms with Gasteiger partial charge >= 0.3 is 0 Å². The summed E-state index contributed by atoms with van der Waals surface area (Å²) in [5.74, 6) is 1.56. The molecule has 0 atom stereocenters. The fourth-order valence-corrected chi connectivity index (χ4v) is 2.33. The predicted octanol–water partition coefficient (Wildman–Crippen LogP) is 2.33. The molecule has 0 heterocycles. The number of ether oxygens (including phenoxy) is 2. The summed E-state index contributed by atoms with van der Waals surface area (Å²) in [6.07, 6.45) is 0. The Bertz CT molecular complexity index is 478. The van der Waals surface area contributed by atoms with E-state index >= 15 is 0 Å². The molecule has 2 N–H and O–H groups in total. The first kappa shape index (κ1) is 17.8. The number of likely N-dealkylation sites (N-methyl/N-ethyl adjacent to an activating group) is 1. The quantitative estimate of drug-likeness (QED) is 0.748. The highest BCUT2D eigenvalue weighted by molar-refractivity contribution is 9.10. The molecule has 6 heteroatoms. The lowest BCUT2D eigenvalue weighted by atomic mass is 10.2. The first-order valence-electron chi connectivity index (χ1n) is 6.88. The molecule has 0 unspecified atom stereocenters. The number of hydrogen-bond donors (Lipinski definition) is 2. The van der Waals surface area contributed by atoms with Crippen molar-refractivity contribution in [1.82, 2.24) is 10.6 Å². The van der Waals surface area contributed by atoms with Gasteiger partial charge in [0.15, 0.2) is 18.1 Å². The molecule has 1 amide bonds. The molecule has 0 fully saturated rings. The largest absolute Gasteiger partial charge is 0.493 e. The number of benzene rings is 1. The van der Waals surface area contributed by atoms with Crippen molar-refractivity contribution >= 4 is 21.8 Å². The van der Waals surface area contributed by atoms with Crippen LogP contribution in [0, 0.1) is 5.92 Å². The lowest BCUT2D eigenvalue weighted by Gasteiger charge is -2.14. The molecular weight excluding hydrogens is 336 g/mol. The van der Waals surface area contributed by atoms with Gasteiger partial charge in [-0.15, -0.1) is 0 Å². The second kappa shape index (κ2) is 8.89. The molecule has 0 aliphatic carbocycles. The zero-order chi connectivity index (χ0) is 15.8. The van der Waals surface area contributed by atoms with Gasteiger partial charge in [0, 0.05) is 13.6 Å². The van der Waals surface area contributed by atoms with Crippen molar-refractivity contribution < 1.29 is 14.3 Å². The molecule has 5 nitrogen and oxygen atoms in total. The zero-order valence-electron chi connectivity index (χ0n) is 13.0. The van der Waals surface area contributed by atoms with Gasteiger partial charge in [-0.05, 0) is 46.1 Å². The summed E-state index contributed by atoms with van der Waals surface area (Å²) in [6.45, 7) is 5.99. The lowest BCUT2D eigenvalue weighted by molar-refractivity contribution is -0.122. The average molecular weight is 359 g/mol. The van der Waals surface area contributed by atoms with E-state index < -0.39 is 0 Å². The van der Waals surface area contributed by atoms with E-state index in [1.54, 1.807) is 14.2 Å². The van der Waals surface area contributed by atoms with Crippen molar-refractivity contribution in [2.24, 2.45) is 5.92 Å². The Labute approximate surface area is 134 Å². The Kier molecular flexibility index (Phi) is 7.53. The number of carbonyl (C=O) groups excluding carboxylic acids is 1. The van der Waals surface area contributed by atoms with Crippen LogP contribution in [0.4, 0.5) is 0 Å². The average Bonchev–Trinajstić information content (AvgIpc) is 2.44. The van der Waals surface area contributed by atoms with Crippen molar-refractivity contribution in [2.75, 3.05) is 27.3 Å². The standard InChI is InChI=1S/C15H23BrN2O3/c1-10(2)7-18-8-11-5-12(16)15(13(6-11)20-4)21-9-14(19)17-3/h5-6,10,18H,7-9H2,1-4H3,(H,17,19). The topological polar surface area (TPSA) is 59.6 Å². The summed E-state index contributed by atoms with van der Waals surface area (Å²) in [6, 6.07) is 3.88. The molecule has 1 aromatic rings. The first-order chi connectivity index (χ1) is 9.97. The van der Waals surface area contributed by atoms with Crippen LogP contribution in [-0.4, -0.2) is 33.2 Å². The van der Waals surface area contributed by atoms with Crippen LogP contribution in [0.3, 0.4) is 0 Å². The Morgan fingerprint density at radius 3 is 2.67 bits per heavy atom. The highest BCUT2D eigenvalue weighted by Crippen LogP contribution is 2.36. The van der Waals surface area contributed by atoms with Gasteiger partial charge in [-0.1, -0.05) is 13.8 Å². The van der Waals surface area contributed by atoms with Crippen molar-refractivity contribution in [3.05, 3.63) is 22.2 Å². The number of amides is 1. The molecule has 1 aromatic carbocycles. The summed E-state index contributed by atoms with van der Waals surface area (Å²) >= 11 is 3.47. The summed E-state index contributed by atoms with van der Waals surface area (Å²) in [4.78, 5) is 11.3. The van der Waals surface area contributed by atoms with Gasteiger partial charge in [0.25, 0.3) is 5.91 Å². The van der Waals surface area contributed by atoms with Crippen LogP contribution >= 0.6 is 15.9 Å². The fraction of sp³-hybridized carbons (Fsp3) is 0.533. The highest BCUT2D eigenvalue weighted by atomic mass is 79.9. The first-order valence-corrected chi connectivity index (χ1v) is 7.67. The SMILES string of the molecule is CNC(=O)COc1c(Br)cc(CNCC(C)C)cc1OC. The third-order valence-electron chi connectivity index (χ3n) is 2.80. The van der Waals surface area contributed by atoms with E-state index in [0.717, 1.165) is 23.1 Å². The Morgan fingerprint density at radius 2 is 2.10 bits per heavy atom. The summed E-state index contributed by atoms with van der Waals surface area (Å²) < 4.78 is 11.6. The van der Waals surface area contributed by atoms with Crippen LogP contribution in [0.25, 0.3) is 0 Å². The maximum atomic E-state index is 11.3. The van der Waals surface area contributed by atoms with E-state index in [2.05, 4.69) is 40.4 Å². The van der Waals surface area contributed by atoms with Crippen LogP contribution in [0.2, 0.25) is 0 Å². The molecule has 0 saturated carbocycles. The maximum absolute atomic E-state index is 11.3. The monoisotopic (exact) mass is 358 g/mol. The van der Waals surface area contributed by atoms with E-state index in [4.69, 9.17) is 9.47 Å². The Morgan fingerprint density at radius 1 is 1.38 bits per heavy atom. The van der Waals surface area contributed by atoms with Crippen molar-refractivity contribution in [1.29, 1.82) is 0 Å². The van der Waals surface area contributed by atoms with Gasteiger partial charge < -0.3 is 20.1 Å². The molecular formula is C15H23BrN2O3. The van der Waals surface area contributed by atoms with Crippen LogP contribution in [-0.2, 0) is 11.3 Å². The van der Waals surface area contributed by atoms with Crippen molar-refractivity contribution in [3.8, 4) is 11.5 Å². The third kappa shape index (κ3) is 5.93. The van der Waals surface area contributed by atoms with Gasteiger partial charge in [-0.2, -0.15) is 0 Å². The lowest BCUT2D eigenvalue weighted by Crippen LogP contribution is -2.25. The van der Waals surface area contributed by atoms with Gasteiger partial charge in [0.2, 0.25) is 0 Å². The molecule has 0 aliphatic heterocycles. The third-order valence-corrected chi connectivity index (χ3v) is 3.39. The van der Waals surface area contributed by atoms with Crippen LogP contribution in [0.15, 0.2) is 16.6 Å². The highest BCUT2D eigenvalue weighted by Gasteiger charge is 2.13. The summed E-state index contributed by atoms with van der Waals surface area (Å²) in [7, 11) is 3.15. The van der Waals surface area contributed by atoms with E-state index in [0.29, 0.717) is 17.4 Å². The smallest absolute Gasteiger partial charge is 0.257 e. The van der Waals surface area contributed by atoms with E-state index in [9.17, 15) is 4.79 Å². The normalized spacial score (nSPS) is 10.6. The van der Waals surface area contributed by atoms with Gasteiger partial charge in [0.05, 0.1) is 11.6 Å². The Hall–Kier alpha value is -1.27. The molecule has 118 valence electrons. The summed E-state index contributed by atoms with van der Waals surface area (Å²) in [5, 5.41) is 5.89. The van der Waals surface area contributed by atoms with Gasteiger partial charge in [0.1, 0.15) is 0 Å². The minimum atomic E-state index is -0.188. The zero-order valence-corrected chi connectivity index (χ0v) is 14.5. The molecule has 0 radical (unpaired) electrons. The van der Waals surface area contributed by atoms with Gasteiger partial charge in [-0.3, -0.25) is 4.79 Å². The fourth-order valence-electron chi connectivity index (χ4n) is 1.73. The van der Waals surface area contributed by atoms with E-state index in [-0.39, 0.29) is 12.5 Å². The molecule has 0 spiro atoms. The second-order valence-corrected chi connectivity index (χ2v) is 5.95. The van der Waals surface area contributed by atoms with Crippen LogP contribution in [0.5, 0.6) is 11.5 Å². The minimum absolute atomic E-state index is 0.0452. The number of rotatable bonds is 8. The molecule has 0 aromatic heterocycles. The van der Waals surface area contributed by atoms with Gasteiger partial charge in [-0.25, -0.2) is 0 Å². The number of methoxy groups -OCH3 is 1. The Balaban J connectivity index is 2.79. The van der Waals surface area contributed by atoms with Crippen LogP contribution < -0.4 is 20.1 Å². The van der Waals surface area contributed by atoms with E-state index in [1.807, 2.05) is 12.1 Å². The second-order valence-electron chi connectivity index (χ2n) is 5.10. The van der Waals surface area contributed by atoms with Crippen molar-refractivity contribution in [2.45, 2.75) is 20.4 Å². The van der Waals surface area contributed by atoms with E-state index in [1.165, 1.54) is 0 Å².